The van der Waals surface area contributed by atoms with Crippen molar-refractivity contribution in [2.75, 3.05) is 0 Å². The van der Waals surface area contributed by atoms with Crippen LogP contribution in [0.15, 0.2) is 59.5 Å². The molecule has 0 aliphatic carbocycles. The summed E-state index contributed by atoms with van der Waals surface area (Å²) in [7, 11) is 1.58. The van der Waals surface area contributed by atoms with Crippen LogP contribution in [0.4, 0.5) is 0 Å². The Hall–Kier alpha value is -3.16. The minimum absolute atomic E-state index is 0.283. The van der Waals surface area contributed by atoms with Crippen LogP contribution in [0.1, 0.15) is 0 Å². The molecule has 3 aromatic heterocycles. The molecule has 0 saturated heterocycles. The highest BCUT2D eigenvalue weighted by Crippen LogP contribution is 2.29. The molecule has 0 amide bonds. The number of hydrogen-bond donors (Lipinski definition) is 0. The molecule has 0 N–H and O–H groups in total. The average Bonchev–Trinajstić information content (AvgIpc) is 3.22. The van der Waals surface area contributed by atoms with Gasteiger partial charge in [-0.1, -0.05) is 47.5 Å². The van der Waals surface area contributed by atoms with Gasteiger partial charge in [-0.2, -0.15) is 15.3 Å². The van der Waals surface area contributed by atoms with Gasteiger partial charge in [-0.05, 0) is 24.3 Å². The Balaban J connectivity index is 1.91. The van der Waals surface area contributed by atoms with Crippen molar-refractivity contribution in [2.45, 2.75) is 0 Å². The third-order valence-electron chi connectivity index (χ3n) is 4.62. The number of aryl methyl sites for hydroxylation is 1. The summed E-state index contributed by atoms with van der Waals surface area (Å²) in [5.41, 5.74) is 1.87. The van der Waals surface area contributed by atoms with E-state index in [1.54, 1.807) is 17.9 Å². The summed E-state index contributed by atoms with van der Waals surface area (Å²) in [5.74, 6) is 0. The molecule has 0 unspecified atom stereocenters. The van der Waals surface area contributed by atoms with Crippen LogP contribution in [0.25, 0.3) is 33.2 Å². The molecule has 138 valence electrons. The fraction of sp³-hybridized carbons (Fsp3) is 0.0526. The molecular weight excluding hydrogens is 399 g/mol. The normalized spacial score (nSPS) is 11.5. The number of aromatic nitrogens is 6. The maximum atomic E-state index is 13.1. The molecule has 9 heteroatoms. The monoisotopic (exact) mass is 410 g/mol. The van der Waals surface area contributed by atoms with Crippen LogP contribution in [0.2, 0.25) is 10.3 Å². The molecule has 0 aliphatic heterocycles. The summed E-state index contributed by atoms with van der Waals surface area (Å²) in [6.07, 6.45) is 1.57. The standard InChI is InChI=1S/C19H12Cl2N6O/c1-25-19(28)16(27-14-9-5-3-7-12(14)18(21)24-27)15(10-22-25)26-13-8-4-2-6-11(13)17(20)23-26/h2-10H,1H3. The predicted molar refractivity (Wildman–Crippen MR) is 109 cm³/mol. The van der Waals surface area contributed by atoms with Crippen LogP contribution in [-0.2, 0) is 7.05 Å². The molecule has 0 aliphatic rings. The summed E-state index contributed by atoms with van der Waals surface area (Å²) in [5, 5.41) is 15.2. The van der Waals surface area contributed by atoms with Crippen molar-refractivity contribution in [3.8, 4) is 11.4 Å². The van der Waals surface area contributed by atoms with Gasteiger partial charge >= 0.3 is 0 Å². The lowest BCUT2D eigenvalue weighted by molar-refractivity contribution is 0.681. The van der Waals surface area contributed by atoms with E-state index in [-0.39, 0.29) is 11.2 Å². The van der Waals surface area contributed by atoms with Crippen LogP contribution >= 0.6 is 23.2 Å². The quantitative estimate of drug-likeness (QED) is 0.444. The zero-order chi connectivity index (χ0) is 19.4. The zero-order valence-electron chi connectivity index (χ0n) is 14.5. The van der Waals surface area contributed by atoms with E-state index >= 15 is 0 Å². The third kappa shape index (κ3) is 2.37. The first-order valence-electron chi connectivity index (χ1n) is 8.40. The first-order valence-corrected chi connectivity index (χ1v) is 9.15. The molecule has 0 spiro atoms. The molecule has 0 bridgehead atoms. The first kappa shape index (κ1) is 17.0. The number of fused-ring (bicyclic) bond motifs is 2. The van der Waals surface area contributed by atoms with Gasteiger partial charge in [-0.15, -0.1) is 0 Å². The molecular formula is C19H12Cl2N6O. The predicted octanol–water partition coefficient (Wildman–Crippen LogP) is 3.76. The molecule has 28 heavy (non-hydrogen) atoms. The fourth-order valence-corrected chi connectivity index (χ4v) is 3.75. The van der Waals surface area contributed by atoms with Crippen LogP contribution in [0.3, 0.4) is 0 Å². The Morgan fingerprint density at radius 2 is 1.36 bits per heavy atom. The van der Waals surface area contributed by atoms with Crippen LogP contribution < -0.4 is 5.56 Å². The van der Waals surface area contributed by atoms with E-state index in [0.717, 1.165) is 16.3 Å². The molecule has 2 aromatic carbocycles. The van der Waals surface area contributed by atoms with E-state index in [4.69, 9.17) is 23.2 Å². The zero-order valence-corrected chi connectivity index (χ0v) is 16.1. The largest absolute Gasteiger partial charge is 0.294 e. The van der Waals surface area contributed by atoms with E-state index in [0.29, 0.717) is 21.5 Å². The summed E-state index contributed by atoms with van der Waals surface area (Å²) < 4.78 is 4.38. The second-order valence-corrected chi connectivity index (χ2v) is 6.96. The van der Waals surface area contributed by atoms with E-state index in [9.17, 15) is 4.79 Å². The van der Waals surface area contributed by atoms with Gasteiger partial charge in [0.25, 0.3) is 5.56 Å². The van der Waals surface area contributed by atoms with E-state index in [1.165, 1.54) is 9.36 Å². The molecule has 0 atom stereocenters. The number of halogens is 2. The highest BCUT2D eigenvalue weighted by atomic mass is 35.5. The van der Waals surface area contributed by atoms with Crippen molar-refractivity contribution in [3.05, 3.63) is 75.4 Å². The Morgan fingerprint density at radius 3 is 2.00 bits per heavy atom. The topological polar surface area (TPSA) is 70.5 Å². The Morgan fingerprint density at radius 1 is 0.821 bits per heavy atom. The van der Waals surface area contributed by atoms with Crippen molar-refractivity contribution in [1.82, 2.24) is 29.3 Å². The Kier molecular flexibility index (Phi) is 3.75. The van der Waals surface area contributed by atoms with Crippen molar-refractivity contribution in [2.24, 2.45) is 7.05 Å². The second kappa shape index (κ2) is 6.19. The SMILES string of the molecule is Cn1ncc(-n2nc(Cl)c3ccccc32)c(-n2nc(Cl)c3ccccc32)c1=O. The molecule has 5 aromatic rings. The maximum absolute atomic E-state index is 13.1. The van der Waals surface area contributed by atoms with E-state index in [1.807, 2.05) is 48.5 Å². The van der Waals surface area contributed by atoms with Gasteiger partial charge in [0.2, 0.25) is 0 Å². The van der Waals surface area contributed by atoms with Gasteiger partial charge in [0, 0.05) is 17.8 Å². The lowest BCUT2D eigenvalue weighted by atomic mass is 10.2. The fourth-order valence-electron chi connectivity index (χ4n) is 3.28. The van der Waals surface area contributed by atoms with Crippen LogP contribution in [-0.4, -0.2) is 29.3 Å². The smallest absolute Gasteiger partial charge is 0.265 e. The van der Waals surface area contributed by atoms with Gasteiger partial charge in [-0.3, -0.25) is 4.79 Å². The van der Waals surface area contributed by atoms with Crippen molar-refractivity contribution >= 4 is 45.0 Å². The van der Waals surface area contributed by atoms with E-state index < -0.39 is 0 Å². The number of nitrogens with zero attached hydrogens (tertiary/aromatic N) is 6. The van der Waals surface area contributed by atoms with E-state index in [2.05, 4.69) is 15.3 Å². The van der Waals surface area contributed by atoms with Gasteiger partial charge in [0.1, 0.15) is 5.69 Å². The van der Waals surface area contributed by atoms with Gasteiger partial charge in [0.15, 0.2) is 16.0 Å². The van der Waals surface area contributed by atoms with Crippen molar-refractivity contribution < 1.29 is 0 Å². The Bertz CT molecular complexity index is 1430. The average molecular weight is 411 g/mol. The van der Waals surface area contributed by atoms with Gasteiger partial charge in [0.05, 0.1) is 17.2 Å². The van der Waals surface area contributed by atoms with Gasteiger partial charge < -0.3 is 0 Å². The first-order chi connectivity index (χ1) is 13.6. The minimum Gasteiger partial charge on any atom is -0.265 e. The molecule has 0 saturated carbocycles. The molecule has 5 rings (SSSR count). The summed E-state index contributed by atoms with van der Waals surface area (Å²) in [6, 6.07) is 14.9. The molecule has 0 radical (unpaired) electrons. The third-order valence-corrected chi connectivity index (χ3v) is 5.18. The molecule has 7 nitrogen and oxygen atoms in total. The van der Waals surface area contributed by atoms with Crippen LogP contribution in [0, 0.1) is 0 Å². The number of hydrogen-bond acceptors (Lipinski definition) is 4. The summed E-state index contributed by atoms with van der Waals surface area (Å²) >= 11 is 12.6. The molecule has 0 fully saturated rings. The number of benzene rings is 2. The lowest BCUT2D eigenvalue weighted by Gasteiger charge is -2.11. The van der Waals surface area contributed by atoms with Gasteiger partial charge in [-0.25, -0.2) is 14.0 Å². The highest BCUT2D eigenvalue weighted by Gasteiger charge is 2.21. The minimum atomic E-state index is -0.335. The second-order valence-electron chi connectivity index (χ2n) is 6.25. The lowest BCUT2D eigenvalue weighted by Crippen LogP contribution is -2.27. The van der Waals surface area contributed by atoms with Crippen molar-refractivity contribution in [1.29, 1.82) is 0 Å². The summed E-state index contributed by atoms with van der Waals surface area (Å²) in [4.78, 5) is 13.1. The number of para-hydroxylation sites is 2. The maximum Gasteiger partial charge on any atom is 0.294 e. The molecule has 3 heterocycles. The summed E-state index contributed by atoms with van der Waals surface area (Å²) in [6.45, 7) is 0. The van der Waals surface area contributed by atoms with Crippen molar-refractivity contribution in [3.63, 3.8) is 0 Å². The Labute approximate surface area is 168 Å². The number of rotatable bonds is 2. The van der Waals surface area contributed by atoms with Crippen LogP contribution in [0.5, 0.6) is 0 Å². The highest BCUT2D eigenvalue weighted by molar-refractivity contribution is 6.34.